The van der Waals surface area contributed by atoms with Gasteiger partial charge in [0.15, 0.2) is 0 Å². The van der Waals surface area contributed by atoms with E-state index in [2.05, 4.69) is 6.07 Å². The molecule has 2 aromatic rings. The van der Waals surface area contributed by atoms with Gasteiger partial charge >= 0.3 is 5.88 Å². The third-order valence-corrected chi connectivity index (χ3v) is 4.15. The van der Waals surface area contributed by atoms with Crippen LogP contribution in [-0.4, -0.2) is 4.92 Å². The molecular formula is C15H16ClNO3. The van der Waals surface area contributed by atoms with E-state index in [0.717, 1.165) is 27.8 Å². The lowest BCUT2D eigenvalue weighted by atomic mass is 9.91. The fraction of sp³-hybridized carbons (Fsp3) is 0.333. The fourth-order valence-electron chi connectivity index (χ4n) is 2.35. The van der Waals surface area contributed by atoms with Crippen LogP contribution in [0.1, 0.15) is 39.0 Å². The molecule has 0 aliphatic heterocycles. The summed E-state index contributed by atoms with van der Waals surface area (Å²) in [6.07, 6.45) is 0. The minimum Gasteiger partial charge on any atom is -0.404 e. The lowest BCUT2D eigenvalue weighted by Crippen LogP contribution is -2.02. The van der Waals surface area contributed by atoms with Gasteiger partial charge in [-0.3, -0.25) is 10.1 Å². The van der Waals surface area contributed by atoms with Crippen molar-refractivity contribution in [2.24, 2.45) is 0 Å². The number of aryl methyl sites for hydroxylation is 2. The average molecular weight is 294 g/mol. The number of benzene rings is 1. The second kappa shape index (κ2) is 5.29. The molecule has 0 bridgehead atoms. The van der Waals surface area contributed by atoms with E-state index >= 15 is 0 Å². The predicted octanol–water partition coefficient (Wildman–Crippen LogP) is 4.75. The normalized spacial score (nSPS) is 12.4. The van der Waals surface area contributed by atoms with Crippen LogP contribution in [0.3, 0.4) is 0 Å². The molecule has 0 radical (unpaired) electrons. The van der Waals surface area contributed by atoms with Crippen LogP contribution in [0, 0.1) is 37.8 Å². The SMILES string of the molecule is Cc1cc(C)c(C)c(C(Cl)c2ccc([N+](=O)[O-])o2)c1C. The van der Waals surface area contributed by atoms with Crippen molar-refractivity contribution in [3.63, 3.8) is 0 Å². The highest BCUT2D eigenvalue weighted by molar-refractivity contribution is 6.22. The maximum atomic E-state index is 10.7. The van der Waals surface area contributed by atoms with Crippen molar-refractivity contribution in [3.8, 4) is 0 Å². The Hall–Kier alpha value is -1.81. The summed E-state index contributed by atoms with van der Waals surface area (Å²) in [5, 5.41) is 10.2. The van der Waals surface area contributed by atoms with Crippen LogP contribution < -0.4 is 0 Å². The molecule has 1 atom stereocenters. The minimum absolute atomic E-state index is 0.287. The lowest BCUT2D eigenvalue weighted by Gasteiger charge is -2.18. The lowest BCUT2D eigenvalue weighted by molar-refractivity contribution is -0.402. The van der Waals surface area contributed by atoms with Gasteiger partial charge in [0.2, 0.25) is 0 Å². The van der Waals surface area contributed by atoms with Crippen molar-refractivity contribution >= 4 is 17.5 Å². The summed E-state index contributed by atoms with van der Waals surface area (Å²) in [5.74, 6) is 0.111. The van der Waals surface area contributed by atoms with Crippen molar-refractivity contribution in [1.29, 1.82) is 0 Å². The number of hydrogen-bond donors (Lipinski definition) is 0. The molecule has 1 aromatic heterocycles. The van der Waals surface area contributed by atoms with E-state index in [0.29, 0.717) is 5.76 Å². The first-order valence-corrected chi connectivity index (χ1v) is 6.72. The third kappa shape index (κ3) is 2.43. The van der Waals surface area contributed by atoms with Gasteiger partial charge in [-0.1, -0.05) is 6.07 Å². The minimum atomic E-state index is -0.561. The van der Waals surface area contributed by atoms with Crippen LogP contribution in [0.5, 0.6) is 0 Å². The number of halogens is 1. The molecule has 0 aliphatic rings. The number of alkyl halides is 1. The topological polar surface area (TPSA) is 56.3 Å². The molecule has 0 spiro atoms. The summed E-state index contributed by atoms with van der Waals surface area (Å²) in [4.78, 5) is 10.1. The van der Waals surface area contributed by atoms with Gasteiger partial charge in [0, 0.05) is 0 Å². The largest absolute Gasteiger partial charge is 0.433 e. The van der Waals surface area contributed by atoms with Gasteiger partial charge in [-0.05, 0) is 61.6 Å². The first-order chi connectivity index (χ1) is 9.32. The van der Waals surface area contributed by atoms with Crippen molar-refractivity contribution in [1.82, 2.24) is 0 Å². The summed E-state index contributed by atoms with van der Waals surface area (Å²) in [7, 11) is 0. The molecule has 0 fully saturated rings. The molecule has 0 amide bonds. The Morgan fingerprint density at radius 3 is 2.15 bits per heavy atom. The number of rotatable bonds is 3. The Balaban J connectivity index is 2.52. The van der Waals surface area contributed by atoms with E-state index in [9.17, 15) is 10.1 Å². The Morgan fingerprint density at radius 2 is 1.70 bits per heavy atom. The average Bonchev–Trinajstić information content (AvgIpc) is 2.86. The molecule has 1 aromatic carbocycles. The number of nitrogens with zero attached hydrogens (tertiary/aromatic N) is 1. The van der Waals surface area contributed by atoms with Crippen LogP contribution in [0.15, 0.2) is 22.6 Å². The molecular weight excluding hydrogens is 278 g/mol. The molecule has 106 valence electrons. The summed E-state index contributed by atoms with van der Waals surface area (Å²) >= 11 is 6.49. The van der Waals surface area contributed by atoms with Crippen LogP contribution in [0.2, 0.25) is 0 Å². The zero-order valence-corrected chi connectivity index (χ0v) is 12.6. The second-order valence-corrected chi connectivity index (χ2v) is 5.41. The van der Waals surface area contributed by atoms with Gasteiger partial charge < -0.3 is 4.42 Å². The Kier molecular flexibility index (Phi) is 3.86. The van der Waals surface area contributed by atoms with Crippen LogP contribution in [-0.2, 0) is 0 Å². The zero-order valence-electron chi connectivity index (χ0n) is 11.9. The maximum absolute atomic E-state index is 10.7. The number of furan rings is 1. The van der Waals surface area contributed by atoms with E-state index in [1.54, 1.807) is 6.07 Å². The molecule has 1 heterocycles. The van der Waals surface area contributed by atoms with Gasteiger partial charge in [0.25, 0.3) is 0 Å². The quantitative estimate of drug-likeness (QED) is 0.466. The van der Waals surface area contributed by atoms with E-state index in [-0.39, 0.29) is 5.88 Å². The molecule has 1 unspecified atom stereocenters. The summed E-state index contributed by atoms with van der Waals surface area (Å²) in [5.41, 5.74) is 5.44. The smallest absolute Gasteiger partial charge is 0.404 e. The highest BCUT2D eigenvalue weighted by Crippen LogP contribution is 2.37. The highest BCUT2D eigenvalue weighted by atomic mass is 35.5. The molecule has 2 rings (SSSR count). The van der Waals surface area contributed by atoms with E-state index in [1.807, 2.05) is 27.7 Å². The van der Waals surface area contributed by atoms with Gasteiger partial charge in [-0.25, -0.2) is 0 Å². The zero-order chi connectivity index (χ0) is 15.0. The first-order valence-electron chi connectivity index (χ1n) is 6.28. The van der Waals surface area contributed by atoms with E-state index in [1.165, 1.54) is 6.07 Å². The van der Waals surface area contributed by atoms with E-state index in [4.69, 9.17) is 16.0 Å². The van der Waals surface area contributed by atoms with Crippen LogP contribution in [0.25, 0.3) is 0 Å². The summed E-state index contributed by atoms with van der Waals surface area (Å²) < 4.78 is 5.22. The molecule has 0 saturated heterocycles. The molecule has 5 heteroatoms. The Morgan fingerprint density at radius 1 is 1.15 bits per heavy atom. The third-order valence-electron chi connectivity index (χ3n) is 3.72. The summed E-state index contributed by atoms with van der Waals surface area (Å²) in [6.45, 7) is 8.06. The van der Waals surface area contributed by atoms with Gasteiger partial charge in [0.05, 0.1) is 6.07 Å². The van der Waals surface area contributed by atoms with Crippen molar-refractivity contribution < 1.29 is 9.34 Å². The first kappa shape index (κ1) is 14.6. The van der Waals surface area contributed by atoms with Crippen LogP contribution in [0.4, 0.5) is 5.88 Å². The van der Waals surface area contributed by atoms with Crippen molar-refractivity contribution in [2.45, 2.75) is 33.1 Å². The van der Waals surface area contributed by atoms with Gasteiger partial charge in [-0.15, -0.1) is 11.6 Å². The van der Waals surface area contributed by atoms with Crippen molar-refractivity contribution in [2.75, 3.05) is 0 Å². The molecule has 0 saturated carbocycles. The van der Waals surface area contributed by atoms with E-state index < -0.39 is 10.3 Å². The number of nitro groups is 1. The molecule has 0 N–H and O–H groups in total. The molecule has 0 aliphatic carbocycles. The van der Waals surface area contributed by atoms with Gasteiger partial charge in [-0.2, -0.15) is 0 Å². The van der Waals surface area contributed by atoms with Crippen LogP contribution >= 0.6 is 11.6 Å². The Bertz CT molecular complexity index is 650. The maximum Gasteiger partial charge on any atom is 0.433 e. The van der Waals surface area contributed by atoms with Crippen molar-refractivity contribution in [3.05, 3.63) is 61.9 Å². The standard InChI is InChI=1S/C15H16ClNO3/c1-8-7-9(2)11(4)14(10(8)3)15(16)12-5-6-13(20-12)17(18)19/h5-7,15H,1-4H3. The number of hydrogen-bond acceptors (Lipinski definition) is 3. The molecule has 4 nitrogen and oxygen atoms in total. The second-order valence-electron chi connectivity index (χ2n) is 4.97. The fourth-order valence-corrected chi connectivity index (χ4v) is 2.79. The van der Waals surface area contributed by atoms with Gasteiger partial charge in [0.1, 0.15) is 16.1 Å². The Labute approximate surface area is 122 Å². The highest BCUT2D eigenvalue weighted by Gasteiger charge is 2.23. The monoisotopic (exact) mass is 293 g/mol. The molecule has 20 heavy (non-hydrogen) atoms. The summed E-state index contributed by atoms with van der Waals surface area (Å²) in [6, 6.07) is 5.01. The predicted molar refractivity (Wildman–Crippen MR) is 78.4 cm³/mol.